The van der Waals surface area contributed by atoms with Gasteiger partial charge in [-0.15, -0.1) is 0 Å². The molecule has 0 atom stereocenters. The third kappa shape index (κ3) is 2.34. The van der Waals surface area contributed by atoms with Crippen molar-refractivity contribution < 1.29 is 8.42 Å². The quantitative estimate of drug-likeness (QED) is 0.934. The van der Waals surface area contributed by atoms with Gasteiger partial charge in [0.25, 0.3) is 10.0 Å². The van der Waals surface area contributed by atoms with Gasteiger partial charge in [0, 0.05) is 13.1 Å². The van der Waals surface area contributed by atoms with Crippen molar-refractivity contribution in [3.8, 4) is 0 Å². The molecule has 0 amide bonds. The summed E-state index contributed by atoms with van der Waals surface area (Å²) in [5.41, 5.74) is 2.37. The number of sulfonamides is 1. The fourth-order valence-electron chi connectivity index (χ4n) is 2.49. The van der Waals surface area contributed by atoms with Crippen LogP contribution in [0.5, 0.6) is 0 Å². The van der Waals surface area contributed by atoms with Gasteiger partial charge in [0.1, 0.15) is 5.15 Å². The number of nitrogens with one attached hydrogen (secondary N) is 1. The maximum Gasteiger partial charge on any atom is 0.261 e. The molecule has 3 rings (SSSR count). The molecule has 106 valence electrons. The maximum atomic E-state index is 12.3. The molecule has 1 heterocycles. The third-order valence-electron chi connectivity index (χ3n) is 3.46. The number of hydrogen-bond donors (Lipinski definition) is 1. The topological polar surface area (TPSA) is 64.0 Å². The molecule has 7 heteroatoms. The minimum atomic E-state index is -3.69. The van der Waals surface area contributed by atoms with Gasteiger partial charge in [-0.05, 0) is 24.0 Å². The van der Waals surface area contributed by atoms with E-state index in [0.29, 0.717) is 12.8 Å². The average molecular weight is 312 g/mol. The lowest BCUT2D eigenvalue weighted by Crippen LogP contribution is -2.35. The highest BCUT2D eigenvalue weighted by Crippen LogP contribution is 2.24. The molecule has 0 radical (unpaired) electrons. The van der Waals surface area contributed by atoms with Crippen molar-refractivity contribution in [2.75, 3.05) is 0 Å². The Labute approximate surface area is 122 Å². The first-order valence-corrected chi connectivity index (χ1v) is 8.09. The Morgan fingerprint density at radius 1 is 1.30 bits per heavy atom. The van der Waals surface area contributed by atoms with Crippen LogP contribution in [-0.4, -0.2) is 24.0 Å². The summed E-state index contributed by atoms with van der Waals surface area (Å²) in [6.45, 7) is 0. The normalized spacial score (nSPS) is 15.5. The van der Waals surface area contributed by atoms with Crippen LogP contribution in [0.15, 0.2) is 35.6 Å². The molecule has 1 aromatic heterocycles. The van der Waals surface area contributed by atoms with Crippen molar-refractivity contribution in [3.05, 3.63) is 46.9 Å². The van der Waals surface area contributed by atoms with E-state index in [2.05, 4.69) is 9.71 Å². The monoisotopic (exact) mass is 311 g/mol. The van der Waals surface area contributed by atoms with E-state index in [9.17, 15) is 8.42 Å². The van der Waals surface area contributed by atoms with Crippen LogP contribution >= 0.6 is 11.6 Å². The minimum absolute atomic E-state index is 0.113. The van der Waals surface area contributed by atoms with Crippen LogP contribution in [0, 0.1) is 0 Å². The molecule has 0 saturated carbocycles. The van der Waals surface area contributed by atoms with E-state index in [1.807, 2.05) is 24.3 Å². The largest absolute Gasteiger partial charge is 0.324 e. The zero-order valence-corrected chi connectivity index (χ0v) is 12.4. The second kappa shape index (κ2) is 4.87. The number of fused-ring (bicyclic) bond motifs is 1. The number of rotatable bonds is 3. The van der Waals surface area contributed by atoms with Gasteiger partial charge in [0.2, 0.25) is 5.03 Å². The molecule has 20 heavy (non-hydrogen) atoms. The van der Waals surface area contributed by atoms with Gasteiger partial charge in [-0.25, -0.2) is 18.1 Å². The van der Waals surface area contributed by atoms with Gasteiger partial charge in [0.05, 0.1) is 6.33 Å². The number of imidazole rings is 1. The lowest BCUT2D eigenvalue weighted by atomic mass is 10.1. The zero-order valence-electron chi connectivity index (χ0n) is 10.9. The Balaban J connectivity index is 1.81. The van der Waals surface area contributed by atoms with Gasteiger partial charge >= 0.3 is 0 Å². The summed E-state index contributed by atoms with van der Waals surface area (Å²) in [5.74, 6) is 0. The molecular weight excluding hydrogens is 298 g/mol. The number of benzene rings is 1. The summed E-state index contributed by atoms with van der Waals surface area (Å²) >= 11 is 5.95. The van der Waals surface area contributed by atoms with E-state index in [4.69, 9.17) is 11.6 Å². The van der Waals surface area contributed by atoms with Crippen molar-refractivity contribution in [2.45, 2.75) is 23.9 Å². The number of hydrogen-bond acceptors (Lipinski definition) is 3. The van der Waals surface area contributed by atoms with Gasteiger partial charge in [-0.1, -0.05) is 35.9 Å². The maximum absolute atomic E-state index is 12.3. The van der Waals surface area contributed by atoms with Crippen LogP contribution in [0.25, 0.3) is 0 Å². The molecule has 2 aromatic rings. The fourth-order valence-corrected chi connectivity index (χ4v) is 4.16. The van der Waals surface area contributed by atoms with Crippen LogP contribution in [-0.2, 0) is 29.9 Å². The second-order valence-corrected chi connectivity index (χ2v) is 6.93. The first-order valence-electron chi connectivity index (χ1n) is 6.23. The van der Waals surface area contributed by atoms with E-state index in [1.165, 1.54) is 22.0 Å². The molecule has 0 aliphatic heterocycles. The lowest BCUT2D eigenvalue weighted by Gasteiger charge is -2.11. The molecule has 1 N–H and O–H groups in total. The molecule has 0 spiro atoms. The van der Waals surface area contributed by atoms with E-state index in [-0.39, 0.29) is 16.2 Å². The molecule has 0 fully saturated rings. The molecular formula is C13H14ClN3O2S. The second-order valence-electron chi connectivity index (χ2n) is 4.95. The number of nitrogens with zero attached hydrogens (tertiary/aromatic N) is 2. The van der Waals surface area contributed by atoms with E-state index >= 15 is 0 Å². The van der Waals surface area contributed by atoms with Crippen LogP contribution in [0.3, 0.4) is 0 Å². The molecule has 0 unspecified atom stereocenters. The Kier molecular flexibility index (Phi) is 3.32. The van der Waals surface area contributed by atoms with Gasteiger partial charge < -0.3 is 4.57 Å². The number of halogens is 1. The van der Waals surface area contributed by atoms with Crippen LogP contribution < -0.4 is 4.72 Å². The minimum Gasteiger partial charge on any atom is -0.324 e. The molecule has 1 aliphatic carbocycles. The zero-order chi connectivity index (χ0) is 14.3. The van der Waals surface area contributed by atoms with E-state index in [0.717, 1.165) is 0 Å². The average Bonchev–Trinajstić information content (AvgIpc) is 2.93. The summed E-state index contributed by atoms with van der Waals surface area (Å²) in [6, 6.07) is 7.83. The van der Waals surface area contributed by atoms with Crippen molar-refractivity contribution >= 4 is 21.6 Å². The standard InChI is InChI=1S/C13H14ClN3O2S/c1-17-8-15-13(12(17)14)20(18,19)16-11-6-9-4-2-3-5-10(9)7-11/h2-5,8,11,16H,6-7H2,1H3. The van der Waals surface area contributed by atoms with Crippen molar-refractivity contribution in [1.29, 1.82) is 0 Å². The van der Waals surface area contributed by atoms with Crippen molar-refractivity contribution in [1.82, 2.24) is 14.3 Å². The van der Waals surface area contributed by atoms with Crippen LogP contribution in [0.2, 0.25) is 5.15 Å². The van der Waals surface area contributed by atoms with Gasteiger partial charge in [-0.2, -0.15) is 0 Å². The number of aromatic nitrogens is 2. The molecule has 0 bridgehead atoms. The Hall–Kier alpha value is -1.37. The smallest absolute Gasteiger partial charge is 0.261 e. The van der Waals surface area contributed by atoms with E-state index < -0.39 is 10.0 Å². The predicted molar refractivity (Wildman–Crippen MR) is 76.2 cm³/mol. The lowest BCUT2D eigenvalue weighted by molar-refractivity contribution is 0.552. The van der Waals surface area contributed by atoms with Gasteiger partial charge in [-0.3, -0.25) is 0 Å². The Morgan fingerprint density at radius 2 is 1.90 bits per heavy atom. The van der Waals surface area contributed by atoms with Crippen molar-refractivity contribution in [3.63, 3.8) is 0 Å². The SMILES string of the molecule is Cn1cnc(S(=O)(=O)NC2Cc3ccccc3C2)c1Cl. The van der Waals surface area contributed by atoms with Gasteiger partial charge in [0.15, 0.2) is 0 Å². The highest BCUT2D eigenvalue weighted by Gasteiger charge is 2.29. The highest BCUT2D eigenvalue weighted by molar-refractivity contribution is 7.89. The predicted octanol–water partition coefficient (Wildman–Crippen LogP) is 1.52. The van der Waals surface area contributed by atoms with E-state index in [1.54, 1.807) is 7.05 Å². The highest BCUT2D eigenvalue weighted by atomic mass is 35.5. The molecule has 1 aromatic carbocycles. The summed E-state index contributed by atoms with van der Waals surface area (Å²) in [5, 5.41) is 0.00522. The van der Waals surface area contributed by atoms with Crippen molar-refractivity contribution in [2.24, 2.45) is 7.05 Å². The molecule has 0 saturated heterocycles. The summed E-state index contributed by atoms with van der Waals surface area (Å²) in [6.07, 6.45) is 2.78. The first kappa shape index (κ1) is 13.6. The van der Waals surface area contributed by atoms with Crippen LogP contribution in [0.4, 0.5) is 0 Å². The van der Waals surface area contributed by atoms with Crippen LogP contribution in [0.1, 0.15) is 11.1 Å². The molecule has 5 nitrogen and oxygen atoms in total. The summed E-state index contributed by atoms with van der Waals surface area (Å²) in [7, 11) is -2.03. The fraction of sp³-hybridized carbons (Fsp3) is 0.308. The third-order valence-corrected chi connectivity index (χ3v) is 5.47. The summed E-state index contributed by atoms with van der Waals surface area (Å²) in [4.78, 5) is 3.86. The molecule has 1 aliphatic rings. The summed E-state index contributed by atoms with van der Waals surface area (Å²) < 4.78 is 28.8. The number of aryl methyl sites for hydroxylation is 1. The Morgan fingerprint density at radius 3 is 2.40 bits per heavy atom. The Bertz CT molecular complexity index is 730. The first-order chi connectivity index (χ1) is 9.47.